The average molecular weight is 509 g/mol. The molecule has 2 aromatic rings. The molecule has 9 heteroatoms. The van der Waals surface area contributed by atoms with Gasteiger partial charge in [0.05, 0.1) is 6.07 Å². The van der Waals surface area contributed by atoms with Crippen molar-refractivity contribution in [3.63, 3.8) is 0 Å². The number of nitriles is 1. The van der Waals surface area contributed by atoms with Crippen molar-refractivity contribution >= 4 is 35.4 Å². The molecule has 1 unspecified atom stereocenters. The molecular formula is C27H26ClFN4O3. The normalized spacial score (nSPS) is 22.3. The molecule has 0 saturated carbocycles. The lowest BCUT2D eigenvalue weighted by Crippen LogP contribution is -2.48. The molecule has 2 aliphatic rings. The highest BCUT2D eigenvalue weighted by Gasteiger charge is 2.40. The maximum atomic E-state index is 14.2. The Hall–Kier alpha value is -3.70. The third kappa shape index (κ3) is 5.92. The Labute approximate surface area is 213 Å². The summed E-state index contributed by atoms with van der Waals surface area (Å²) < 4.78 is 14.2. The molecule has 0 bridgehead atoms. The van der Waals surface area contributed by atoms with Crippen molar-refractivity contribution < 1.29 is 18.8 Å². The van der Waals surface area contributed by atoms with Gasteiger partial charge in [0.2, 0.25) is 17.7 Å². The summed E-state index contributed by atoms with van der Waals surface area (Å²) in [6.45, 7) is 0.858. The molecule has 4 rings (SSSR count). The van der Waals surface area contributed by atoms with Crippen LogP contribution >= 0.6 is 11.6 Å². The minimum atomic E-state index is -0.849. The third-order valence-corrected chi connectivity index (χ3v) is 6.92. The first-order chi connectivity index (χ1) is 17.4. The predicted octanol–water partition coefficient (Wildman–Crippen LogP) is 3.41. The SMILES string of the molecule is N#C[C@H](C[C@@H]1CCNC1=O)NC(=O)C1C[C@@H](c2ccccc2)CN1C(=O)/C=C/c1ccc(Cl)cc1F. The van der Waals surface area contributed by atoms with Gasteiger partial charge in [-0.1, -0.05) is 48.0 Å². The lowest BCUT2D eigenvalue weighted by atomic mass is 9.95. The molecule has 0 radical (unpaired) electrons. The van der Waals surface area contributed by atoms with E-state index in [1.807, 2.05) is 30.3 Å². The van der Waals surface area contributed by atoms with Crippen LogP contribution in [0, 0.1) is 23.1 Å². The van der Waals surface area contributed by atoms with Gasteiger partial charge in [0.15, 0.2) is 0 Å². The van der Waals surface area contributed by atoms with Crippen molar-refractivity contribution in [2.75, 3.05) is 13.1 Å². The van der Waals surface area contributed by atoms with E-state index in [2.05, 4.69) is 16.7 Å². The highest BCUT2D eigenvalue weighted by Crippen LogP contribution is 2.32. The van der Waals surface area contributed by atoms with Gasteiger partial charge < -0.3 is 15.5 Å². The van der Waals surface area contributed by atoms with Crippen LogP contribution in [-0.2, 0) is 14.4 Å². The zero-order valence-electron chi connectivity index (χ0n) is 19.5. The van der Waals surface area contributed by atoms with Gasteiger partial charge >= 0.3 is 0 Å². The molecule has 0 aromatic heterocycles. The van der Waals surface area contributed by atoms with Gasteiger partial charge in [-0.05, 0) is 43.0 Å². The zero-order valence-corrected chi connectivity index (χ0v) is 20.2. The fourth-order valence-corrected chi connectivity index (χ4v) is 4.91. The lowest BCUT2D eigenvalue weighted by Gasteiger charge is -2.24. The Balaban J connectivity index is 1.51. The molecule has 0 aliphatic carbocycles. The van der Waals surface area contributed by atoms with Crippen LogP contribution < -0.4 is 10.6 Å². The predicted molar refractivity (Wildman–Crippen MR) is 133 cm³/mol. The Morgan fingerprint density at radius 2 is 2.06 bits per heavy atom. The number of benzene rings is 2. The molecule has 36 heavy (non-hydrogen) atoms. The van der Waals surface area contributed by atoms with Gasteiger partial charge in [-0.25, -0.2) is 4.39 Å². The van der Waals surface area contributed by atoms with Crippen LogP contribution in [0.4, 0.5) is 4.39 Å². The minimum Gasteiger partial charge on any atom is -0.356 e. The quantitative estimate of drug-likeness (QED) is 0.559. The fraction of sp³-hybridized carbons (Fsp3) is 0.333. The summed E-state index contributed by atoms with van der Waals surface area (Å²) in [4.78, 5) is 39.8. The summed E-state index contributed by atoms with van der Waals surface area (Å²) in [6.07, 6.45) is 3.81. The molecule has 2 fully saturated rings. The van der Waals surface area contributed by atoms with E-state index in [1.54, 1.807) is 0 Å². The molecule has 7 nitrogen and oxygen atoms in total. The van der Waals surface area contributed by atoms with E-state index >= 15 is 0 Å². The van der Waals surface area contributed by atoms with Crippen LogP contribution in [-0.4, -0.2) is 47.8 Å². The number of amides is 3. The van der Waals surface area contributed by atoms with Crippen molar-refractivity contribution in [1.82, 2.24) is 15.5 Å². The summed E-state index contributed by atoms with van der Waals surface area (Å²) in [5.74, 6) is -1.97. The van der Waals surface area contributed by atoms with E-state index in [9.17, 15) is 24.0 Å². The third-order valence-electron chi connectivity index (χ3n) is 6.68. The fourth-order valence-electron chi connectivity index (χ4n) is 4.75. The van der Waals surface area contributed by atoms with Crippen LogP contribution in [0.3, 0.4) is 0 Å². The molecule has 0 spiro atoms. The molecule has 3 amide bonds. The maximum absolute atomic E-state index is 14.2. The van der Waals surface area contributed by atoms with Crippen LogP contribution in [0.5, 0.6) is 0 Å². The Morgan fingerprint density at radius 1 is 1.28 bits per heavy atom. The first-order valence-corrected chi connectivity index (χ1v) is 12.2. The molecule has 2 saturated heterocycles. The van der Waals surface area contributed by atoms with Crippen molar-refractivity contribution in [3.8, 4) is 6.07 Å². The molecule has 2 N–H and O–H groups in total. The van der Waals surface area contributed by atoms with Crippen LogP contribution in [0.25, 0.3) is 6.08 Å². The van der Waals surface area contributed by atoms with Crippen molar-refractivity contribution in [3.05, 3.63) is 76.6 Å². The van der Waals surface area contributed by atoms with E-state index in [0.29, 0.717) is 25.9 Å². The molecule has 186 valence electrons. The summed E-state index contributed by atoms with van der Waals surface area (Å²) >= 11 is 5.80. The van der Waals surface area contributed by atoms with Crippen LogP contribution in [0.1, 0.15) is 36.3 Å². The largest absolute Gasteiger partial charge is 0.356 e. The van der Waals surface area contributed by atoms with Gasteiger partial charge in [0, 0.05) is 41.6 Å². The summed E-state index contributed by atoms with van der Waals surface area (Å²) in [5.41, 5.74) is 1.20. The second-order valence-corrected chi connectivity index (χ2v) is 9.49. The highest BCUT2D eigenvalue weighted by atomic mass is 35.5. The number of hydrogen-bond donors (Lipinski definition) is 2. The number of hydrogen-bond acceptors (Lipinski definition) is 4. The number of likely N-dealkylation sites (tertiary alicyclic amines) is 1. The molecule has 2 heterocycles. The Bertz CT molecular complexity index is 1210. The maximum Gasteiger partial charge on any atom is 0.247 e. The van der Waals surface area contributed by atoms with Gasteiger partial charge in [-0.15, -0.1) is 0 Å². The topological polar surface area (TPSA) is 102 Å². The smallest absolute Gasteiger partial charge is 0.247 e. The first-order valence-electron chi connectivity index (χ1n) is 11.8. The first kappa shape index (κ1) is 25.4. The number of carbonyl (C=O) groups excluding carboxylic acids is 3. The number of rotatable bonds is 7. The van der Waals surface area contributed by atoms with Crippen LogP contribution in [0.2, 0.25) is 5.02 Å². The van der Waals surface area contributed by atoms with E-state index in [1.165, 1.54) is 29.2 Å². The average Bonchev–Trinajstić information content (AvgIpc) is 3.50. The Kier molecular flexibility index (Phi) is 8.01. The van der Waals surface area contributed by atoms with E-state index < -0.39 is 29.7 Å². The number of nitrogens with zero attached hydrogens (tertiary/aromatic N) is 2. The minimum absolute atomic E-state index is 0.0762. The lowest BCUT2D eigenvalue weighted by molar-refractivity contribution is -0.135. The van der Waals surface area contributed by atoms with Crippen molar-refractivity contribution in [2.45, 2.75) is 37.3 Å². The number of carbonyl (C=O) groups is 3. The van der Waals surface area contributed by atoms with E-state index in [0.717, 1.165) is 11.6 Å². The monoisotopic (exact) mass is 508 g/mol. The molecule has 2 aliphatic heterocycles. The highest BCUT2D eigenvalue weighted by molar-refractivity contribution is 6.30. The van der Waals surface area contributed by atoms with Gasteiger partial charge in [-0.3, -0.25) is 14.4 Å². The standard InChI is InChI=1S/C27H26ClFN4O3/c28-21-8-6-18(23(29)14-21)7-9-25(34)33-16-20(17-4-2-1-3-5-17)13-24(33)27(36)32-22(15-30)12-19-10-11-31-26(19)35/h1-9,14,19-20,22,24H,10-13,16H2,(H,31,35)(H,32,36)/b9-7+/t19-,20+,22-,24?/m0/s1. The van der Waals surface area contributed by atoms with E-state index in [4.69, 9.17) is 11.6 Å². The number of halogens is 2. The van der Waals surface area contributed by atoms with E-state index in [-0.39, 0.29) is 34.7 Å². The molecular weight excluding hydrogens is 483 g/mol. The van der Waals surface area contributed by atoms with Crippen molar-refractivity contribution in [2.24, 2.45) is 5.92 Å². The number of nitrogens with one attached hydrogen (secondary N) is 2. The summed E-state index contributed by atoms with van der Waals surface area (Å²) in [5, 5.41) is 15.3. The van der Waals surface area contributed by atoms with Gasteiger partial charge in [0.1, 0.15) is 17.9 Å². The summed E-state index contributed by atoms with van der Waals surface area (Å²) in [7, 11) is 0. The molecule has 2 aromatic carbocycles. The van der Waals surface area contributed by atoms with Crippen LogP contribution in [0.15, 0.2) is 54.6 Å². The van der Waals surface area contributed by atoms with Gasteiger partial charge in [0.25, 0.3) is 0 Å². The second-order valence-electron chi connectivity index (χ2n) is 9.05. The second kappa shape index (κ2) is 11.4. The van der Waals surface area contributed by atoms with Crippen molar-refractivity contribution in [1.29, 1.82) is 5.26 Å². The van der Waals surface area contributed by atoms with Gasteiger partial charge in [-0.2, -0.15) is 5.26 Å². The summed E-state index contributed by atoms with van der Waals surface area (Å²) in [6, 6.07) is 14.2. The Morgan fingerprint density at radius 3 is 2.72 bits per heavy atom. The molecule has 4 atom stereocenters. The zero-order chi connectivity index (χ0) is 25.7.